The molecule has 8 heteroatoms. The largest absolute Gasteiger partial charge is 0.454 e. The van der Waals surface area contributed by atoms with Crippen molar-refractivity contribution < 1.29 is 31.1 Å². The van der Waals surface area contributed by atoms with E-state index in [9.17, 15) is 31.1 Å². The number of carbonyl (C=O) groups excluding carboxylic acids is 1. The summed E-state index contributed by atoms with van der Waals surface area (Å²) in [4.78, 5) is 9.94. The Balaban J connectivity index is 4.70. The molecule has 0 aromatic heterocycles. The molecule has 0 saturated carbocycles. The van der Waals surface area contributed by atoms with Crippen molar-refractivity contribution in [3.63, 3.8) is 0 Å². The topological polar surface area (TPSA) is 17.1 Å². The van der Waals surface area contributed by atoms with Gasteiger partial charge in [0.2, 0.25) is 0 Å². The molecule has 0 heterocycles. The molecule has 0 unspecified atom stereocenters. The molecule has 0 spiro atoms. The van der Waals surface area contributed by atoms with Gasteiger partial charge in [-0.05, 0) is 0 Å². The molecule has 76 valence electrons. The van der Waals surface area contributed by atoms with Crippen molar-refractivity contribution in [3.05, 3.63) is 11.1 Å². The van der Waals surface area contributed by atoms with Crippen LogP contribution in [0.5, 0.6) is 0 Å². The Hall–Kier alpha value is -0.720. The molecule has 0 atom stereocenters. The van der Waals surface area contributed by atoms with Gasteiger partial charge in [-0.15, -0.1) is 0 Å². The summed E-state index contributed by atoms with van der Waals surface area (Å²) in [6, 6.07) is 0. The van der Waals surface area contributed by atoms with E-state index in [1.54, 1.807) is 0 Å². The average Bonchev–Trinajstić information content (AvgIpc) is 1.82. The van der Waals surface area contributed by atoms with Gasteiger partial charge in [0, 0.05) is 6.08 Å². The third-order valence-corrected chi connectivity index (χ3v) is 1.13. The van der Waals surface area contributed by atoms with E-state index in [2.05, 4.69) is 11.6 Å². The summed E-state index contributed by atoms with van der Waals surface area (Å²) in [6.07, 6.45) is -11.2. The van der Waals surface area contributed by atoms with Gasteiger partial charge in [0.05, 0.1) is 0 Å². The normalized spacial score (nSPS) is 14.5. The first-order valence-electron chi connectivity index (χ1n) is 2.60. The van der Waals surface area contributed by atoms with E-state index in [-0.39, 0.29) is 0 Å². The monoisotopic (exact) mass is 226 g/mol. The summed E-state index contributed by atoms with van der Waals surface area (Å²) in [5, 5.41) is -2.10. The summed E-state index contributed by atoms with van der Waals surface area (Å²) in [6.45, 7) is 0. The van der Waals surface area contributed by atoms with Gasteiger partial charge in [0.1, 0.15) is 5.03 Å². The molecule has 0 aliphatic carbocycles. The Bertz CT molecular complexity index is 236. The van der Waals surface area contributed by atoms with Gasteiger partial charge in [0.15, 0.2) is 0 Å². The highest BCUT2D eigenvalue weighted by atomic mass is 35.5. The lowest BCUT2D eigenvalue weighted by molar-refractivity contribution is -0.165. The van der Waals surface area contributed by atoms with Crippen LogP contribution in [0.2, 0.25) is 0 Å². The van der Waals surface area contributed by atoms with Crippen molar-refractivity contribution in [2.75, 3.05) is 0 Å². The Labute approximate surface area is 73.0 Å². The Morgan fingerprint density at radius 2 is 1.38 bits per heavy atom. The Kier molecular flexibility index (Phi) is 3.37. The number of allylic oxidation sites excluding steroid dienone is 2. The minimum Gasteiger partial charge on any atom is -0.285 e. The molecule has 0 aliphatic heterocycles. The summed E-state index contributed by atoms with van der Waals surface area (Å²) in [5.74, 6) is -2.64. The maximum Gasteiger partial charge on any atom is 0.454 e. The highest BCUT2D eigenvalue weighted by Crippen LogP contribution is 2.29. The average molecular weight is 227 g/mol. The molecule has 0 fully saturated rings. The zero-order valence-corrected chi connectivity index (χ0v) is 6.39. The highest BCUT2D eigenvalue weighted by Gasteiger charge is 2.40. The fourth-order valence-corrected chi connectivity index (χ4v) is 0.378. The van der Waals surface area contributed by atoms with E-state index >= 15 is 0 Å². The SMILES string of the molecule is O=C(/C=C(/Cl)C(F)(F)F)C(F)(F)F. The van der Waals surface area contributed by atoms with Gasteiger partial charge in [-0.2, -0.15) is 26.3 Å². The van der Waals surface area contributed by atoms with Crippen molar-refractivity contribution >= 4 is 17.4 Å². The van der Waals surface area contributed by atoms with Crippen molar-refractivity contribution in [2.24, 2.45) is 0 Å². The fraction of sp³-hybridized carbons (Fsp3) is 0.400. The lowest BCUT2D eigenvalue weighted by Gasteiger charge is -2.04. The van der Waals surface area contributed by atoms with Crippen LogP contribution >= 0.6 is 11.6 Å². The molecule has 0 amide bonds. The van der Waals surface area contributed by atoms with Gasteiger partial charge in [0.25, 0.3) is 5.78 Å². The zero-order chi connectivity index (χ0) is 10.9. The molecule has 0 aromatic carbocycles. The molecule has 0 N–H and O–H groups in total. The van der Waals surface area contributed by atoms with Crippen LogP contribution in [0.1, 0.15) is 0 Å². The Morgan fingerprint density at radius 3 is 1.62 bits per heavy atom. The first kappa shape index (κ1) is 12.3. The van der Waals surface area contributed by atoms with Gasteiger partial charge in [-0.1, -0.05) is 11.6 Å². The maximum absolute atomic E-state index is 11.5. The number of halogens is 7. The molecule has 0 saturated heterocycles. The standard InChI is InChI=1S/C5HClF6O/c6-2(4(7,8)9)1-3(13)5(10,11)12/h1H/b2-1+. The van der Waals surface area contributed by atoms with Crippen molar-refractivity contribution in [3.8, 4) is 0 Å². The van der Waals surface area contributed by atoms with E-state index in [1.807, 2.05) is 0 Å². The fourth-order valence-electron chi connectivity index (χ4n) is 0.279. The lowest BCUT2D eigenvalue weighted by Crippen LogP contribution is -2.22. The summed E-state index contributed by atoms with van der Waals surface area (Å²) < 4.78 is 68.6. The molecular weight excluding hydrogens is 225 g/mol. The Morgan fingerprint density at radius 1 is 1.00 bits per heavy atom. The lowest BCUT2D eigenvalue weighted by atomic mass is 10.3. The molecule has 1 nitrogen and oxygen atoms in total. The van der Waals surface area contributed by atoms with Crippen LogP contribution in [0.25, 0.3) is 0 Å². The number of hydrogen-bond acceptors (Lipinski definition) is 1. The van der Waals surface area contributed by atoms with Crippen LogP contribution in [0.3, 0.4) is 0 Å². The molecule has 0 aliphatic rings. The van der Waals surface area contributed by atoms with Crippen molar-refractivity contribution in [1.82, 2.24) is 0 Å². The highest BCUT2D eigenvalue weighted by molar-refractivity contribution is 6.32. The predicted octanol–water partition coefficient (Wildman–Crippen LogP) is 2.80. The van der Waals surface area contributed by atoms with Crippen LogP contribution in [-0.2, 0) is 4.79 Å². The minimum atomic E-state index is -5.34. The minimum absolute atomic E-state index is 0.707. The van der Waals surface area contributed by atoms with Crippen LogP contribution in [0.4, 0.5) is 26.3 Å². The van der Waals surface area contributed by atoms with Gasteiger partial charge in [-0.3, -0.25) is 4.79 Å². The summed E-state index contributed by atoms with van der Waals surface area (Å²) in [5.41, 5.74) is 0. The van der Waals surface area contributed by atoms with Crippen LogP contribution in [0.15, 0.2) is 11.1 Å². The number of carbonyl (C=O) groups is 1. The second kappa shape index (κ2) is 3.57. The van der Waals surface area contributed by atoms with Crippen molar-refractivity contribution in [2.45, 2.75) is 12.4 Å². The van der Waals surface area contributed by atoms with Gasteiger partial charge in [-0.25, -0.2) is 0 Å². The molecule has 13 heavy (non-hydrogen) atoms. The van der Waals surface area contributed by atoms with Crippen LogP contribution in [-0.4, -0.2) is 18.1 Å². The summed E-state index contributed by atoms with van der Waals surface area (Å²) >= 11 is 4.37. The first-order chi connectivity index (χ1) is 5.55. The smallest absolute Gasteiger partial charge is 0.285 e. The van der Waals surface area contributed by atoms with Crippen molar-refractivity contribution in [1.29, 1.82) is 0 Å². The molecular formula is C5HClF6O. The second-order valence-electron chi connectivity index (χ2n) is 1.85. The number of alkyl halides is 6. The molecule has 0 aromatic rings. The third-order valence-electron chi connectivity index (χ3n) is 0.808. The number of rotatable bonds is 1. The van der Waals surface area contributed by atoms with E-state index in [1.165, 1.54) is 0 Å². The third kappa shape index (κ3) is 4.16. The first-order valence-corrected chi connectivity index (χ1v) is 2.98. The molecule has 0 bridgehead atoms. The van der Waals surface area contributed by atoms with E-state index in [4.69, 9.17) is 0 Å². The number of hydrogen-bond donors (Lipinski definition) is 0. The van der Waals surface area contributed by atoms with Gasteiger partial charge < -0.3 is 0 Å². The second-order valence-corrected chi connectivity index (χ2v) is 2.26. The maximum atomic E-state index is 11.5. The molecule has 0 radical (unpaired) electrons. The zero-order valence-electron chi connectivity index (χ0n) is 5.63. The quantitative estimate of drug-likeness (QED) is 0.496. The van der Waals surface area contributed by atoms with E-state index < -0.39 is 29.2 Å². The number of ketones is 1. The van der Waals surface area contributed by atoms with Gasteiger partial charge >= 0.3 is 12.4 Å². The summed E-state index contributed by atoms with van der Waals surface area (Å²) in [7, 11) is 0. The molecule has 0 rings (SSSR count). The van der Waals surface area contributed by atoms with Crippen LogP contribution < -0.4 is 0 Å². The van der Waals surface area contributed by atoms with E-state index in [0.717, 1.165) is 0 Å². The predicted molar refractivity (Wildman–Crippen MR) is 31.1 cm³/mol. The van der Waals surface area contributed by atoms with Crippen LogP contribution in [0, 0.1) is 0 Å². The van der Waals surface area contributed by atoms with E-state index in [0.29, 0.717) is 0 Å².